The highest BCUT2D eigenvalue weighted by Crippen LogP contribution is 2.37. The van der Waals surface area contributed by atoms with Gasteiger partial charge in [-0.3, -0.25) is 9.59 Å². The van der Waals surface area contributed by atoms with Crippen LogP contribution in [0.3, 0.4) is 0 Å². The van der Waals surface area contributed by atoms with E-state index in [2.05, 4.69) is 0 Å². The van der Waals surface area contributed by atoms with E-state index in [1.165, 1.54) is 18.2 Å². The summed E-state index contributed by atoms with van der Waals surface area (Å²) in [5.41, 5.74) is 8.52. The Morgan fingerprint density at radius 3 is 2.15 bits per heavy atom. The molecular formula is C26H31F3N2O2. The highest BCUT2D eigenvalue weighted by atomic mass is 19.4. The minimum absolute atomic E-state index is 0.0726. The van der Waals surface area contributed by atoms with Gasteiger partial charge in [0.2, 0.25) is 11.8 Å². The van der Waals surface area contributed by atoms with E-state index in [1.54, 1.807) is 17.0 Å². The van der Waals surface area contributed by atoms with E-state index in [4.69, 9.17) is 5.73 Å². The third-order valence-corrected chi connectivity index (χ3v) is 5.29. The highest BCUT2D eigenvalue weighted by Gasteiger charge is 2.31. The Morgan fingerprint density at radius 2 is 1.64 bits per heavy atom. The van der Waals surface area contributed by atoms with Gasteiger partial charge in [0.1, 0.15) is 0 Å². The molecule has 7 heteroatoms. The number of carbonyl (C=O) groups excluding carboxylic acids is 2. The summed E-state index contributed by atoms with van der Waals surface area (Å²) < 4.78 is 40.0. The zero-order chi connectivity index (χ0) is 25.1. The van der Waals surface area contributed by atoms with Gasteiger partial charge in [0.25, 0.3) is 0 Å². The van der Waals surface area contributed by atoms with Crippen LogP contribution in [-0.2, 0) is 16.0 Å². The topological polar surface area (TPSA) is 63.4 Å². The molecule has 0 heterocycles. The van der Waals surface area contributed by atoms with Crippen LogP contribution >= 0.6 is 0 Å². The van der Waals surface area contributed by atoms with Gasteiger partial charge < -0.3 is 10.6 Å². The van der Waals surface area contributed by atoms with E-state index in [-0.39, 0.29) is 11.5 Å². The monoisotopic (exact) mass is 460 g/mol. The normalized spacial score (nSPS) is 12.3. The first-order valence-corrected chi connectivity index (χ1v) is 10.7. The number of anilines is 1. The average Bonchev–Trinajstić information content (AvgIpc) is 2.67. The molecule has 0 bridgehead atoms. The Morgan fingerprint density at radius 1 is 1.00 bits per heavy atom. The van der Waals surface area contributed by atoms with Gasteiger partial charge in [-0.25, -0.2) is 0 Å². The molecule has 0 radical (unpaired) electrons. The van der Waals surface area contributed by atoms with Crippen molar-refractivity contribution in [2.45, 2.75) is 54.1 Å². The molecule has 33 heavy (non-hydrogen) atoms. The maximum absolute atomic E-state index is 13.3. The van der Waals surface area contributed by atoms with Crippen molar-refractivity contribution >= 4 is 23.6 Å². The first-order valence-electron chi connectivity index (χ1n) is 10.7. The van der Waals surface area contributed by atoms with Crippen molar-refractivity contribution in [1.29, 1.82) is 0 Å². The van der Waals surface area contributed by atoms with E-state index < -0.39 is 23.9 Å². The predicted octanol–water partition coefficient (Wildman–Crippen LogP) is 5.97. The van der Waals surface area contributed by atoms with Crippen molar-refractivity contribution in [3.63, 3.8) is 0 Å². The van der Waals surface area contributed by atoms with E-state index in [0.29, 0.717) is 28.9 Å². The number of hydrogen-bond acceptors (Lipinski definition) is 2. The Bertz CT molecular complexity index is 1080. The van der Waals surface area contributed by atoms with Crippen LogP contribution < -0.4 is 10.6 Å². The summed E-state index contributed by atoms with van der Waals surface area (Å²) in [5, 5.41) is 0. The smallest absolute Gasteiger partial charge is 0.366 e. The second-order valence-electron chi connectivity index (χ2n) is 9.20. The molecule has 0 saturated heterocycles. The third kappa shape index (κ3) is 6.70. The number of nitrogens with two attached hydrogens (primary N) is 1. The molecule has 2 N–H and O–H groups in total. The molecule has 2 amide bonds. The summed E-state index contributed by atoms with van der Waals surface area (Å²) in [6.45, 7) is 11.5. The predicted molar refractivity (Wildman–Crippen MR) is 127 cm³/mol. The summed E-state index contributed by atoms with van der Waals surface area (Å²) >= 11 is 0. The van der Waals surface area contributed by atoms with Crippen molar-refractivity contribution in [2.24, 2.45) is 11.1 Å². The fraction of sp³-hybridized carbons (Fsp3) is 0.385. The van der Waals surface area contributed by atoms with E-state index >= 15 is 0 Å². The molecule has 0 unspecified atom stereocenters. The molecule has 0 aliphatic heterocycles. The molecule has 2 aromatic rings. The third-order valence-electron chi connectivity index (χ3n) is 5.29. The average molecular weight is 461 g/mol. The maximum atomic E-state index is 13.3. The second kappa shape index (κ2) is 9.81. The molecule has 0 spiro atoms. The molecule has 0 atom stereocenters. The van der Waals surface area contributed by atoms with E-state index in [0.717, 1.165) is 17.2 Å². The number of rotatable bonds is 6. The van der Waals surface area contributed by atoms with Gasteiger partial charge in [-0.2, -0.15) is 13.2 Å². The maximum Gasteiger partial charge on any atom is 0.393 e. The van der Waals surface area contributed by atoms with Crippen LogP contribution in [0.2, 0.25) is 0 Å². The zero-order valence-corrected chi connectivity index (χ0v) is 19.9. The lowest BCUT2D eigenvalue weighted by Crippen LogP contribution is -2.39. The number of benzene rings is 2. The molecule has 0 aliphatic carbocycles. The SMILES string of the molecule is CCN(C(=O)C(C)(C)C)c1cc(-c2cc(/C=C/C(N)=O)ccc2CC(F)(F)F)c(C)cc1C. The number of amides is 2. The molecule has 0 saturated carbocycles. The van der Waals surface area contributed by atoms with Crippen molar-refractivity contribution in [3.8, 4) is 11.1 Å². The van der Waals surface area contributed by atoms with Crippen LogP contribution in [0.5, 0.6) is 0 Å². The van der Waals surface area contributed by atoms with Crippen LogP contribution in [0, 0.1) is 19.3 Å². The summed E-state index contributed by atoms with van der Waals surface area (Å²) in [4.78, 5) is 25.8. The Labute approximate surface area is 193 Å². The summed E-state index contributed by atoms with van der Waals surface area (Å²) in [6, 6.07) is 8.22. The zero-order valence-electron chi connectivity index (χ0n) is 19.9. The van der Waals surface area contributed by atoms with Gasteiger partial charge in [-0.1, -0.05) is 39.0 Å². The molecule has 0 aliphatic rings. The van der Waals surface area contributed by atoms with Gasteiger partial charge in [-0.05, 0) is 72.4 Å². The lowest BCUT2D eigenvalue weighted by molar-refractivity contribution is -0.127. The molecular weight excluding hydrogens is 429 g/mol. The standard InChI is InChI=1S/C26H31F3N2O2/c1-7-31(24(33)25(4,5)6)22-14-20(16(2)12-17(22)3)21-13-18(9-11-23(30)32)8-10-19(21)15-26(27,28)29/h8-14H,7,15H2,1-6H3,(H2,30,32)/b11-9+. The molecule has 178 valence electrons. The van der Waals surface area contributed by atoms with Crippen molar-refractivity contribution in [1.82, 2.24) is 0 Å². The number of alkyl halides is 3. The number of hydrogen-bond donors (Lipinski definition) is 1. The molecule has 0 fully saturated rings. The van der Waals surface area contributed by atoms with Gasteiger partial charge in [-0.15, -0.1) is 0 Å². The van der Waals surface area contributed by atoms with Gasteiger partial charge in [0, 0.05) is 23.7 Å². The first kappa shape index (κ1) is 26.2. The Kier molecular flexibility index (Phi) is 7.78. The first-order chi connectivity index (χ1) is 15.1. The van der Waals surface area contributed by atoms with Crippen LogP contribution in [0.25, 0.3) is 17.2 Å². The summed E-state index contributed by atoms with van der Waals surface area (Å²) in [7, 11) is 0. The number of carbonyl (C=O) groups is 2. The summed E-state index contributed by atoms with van der Waals surface area (Å²) in [5.74, 6) is -0.722. The molecule has 2 rings (SSSR count). The number of nitrogens with zero attached hydrogens (tertiary/aromatic N) is 1. The second-order valence-corrected chi connectivity index (χ2v) is 9.20. The van der Waals surface area contributed by atoms with Gasteiger partial charge >= 0.3 is 6.18 Å². The fourth-order valence-electron chi connectivity index (χ4n) is 3.75. The quantitative estimate of drug-likeness (QED) is 0.540. The summed E-state index contributed by atoms with van der Waals surface area (Å²) in [6.07, 6.45) is -2.85. The van der Waals surface area contributed by atoms with Crippen LogP contribution in [0.15, 0.2) is 36.4 Å². The van der Waals surface area contributed by atoms with Crippen LogP contribution in [0.1, 0.15) is 49.9 Å². The largest absolute Gasteiger partial charge is 0.393 e. The van der Waals surface area contributed by atoms with Crippen molar-refractivity contribution in [3.05, 3.63) is 58.7 Å². The van der Waals surface area contributed by atoms with E-state index in [1.807, 2.05) is 47.6 Å². The lowest BCUT2D eigenvalue weighted by Gasteiger charge is -2.30. The van der Waals surface area contributed by atoms with Crippen molar-refractivity contribution in [2.75, 3.05) is 11.4 Å². The fourth-order valence-corrected chi connectivity index (χ4v) is 3.75. The van der Waals surface area contributed by atoms with Crippen LogP contribution in [-0.4, -0.2) is 24.5 Å². The van der Waals surface area contributed by atoms with Crippen molar-refractivity contribution < 1.29 is 22.8 Å². The highest BCUT2D eigenvalue weighted by molar-refractivity contribution is 5.98. The minimum atomic E-state index is -4.39. The minimum Gasteiger partial charge on any atom is -0.366 e. The Balaban J connectivity index is 2.76. The van der Waals surface area contributed by atoms with Crippen LogP contribution in [0.4, 0.5) is 18.9 Å². The molecule has 4 nitrogen and oxygen atoms in total. The van der Waals surface area contributed by atoms with Gasteiger partial charge in [0.05, 0.1) is 6.42 Å². The molecule has 2 aromatic carbocycles. The lowest BCUT2D eigenvalue weighted by atomic mass is 9.90. The van der Waals surface area contributed by atoms with Gasteiger partial charge in [0.15, 0.2) is 0 Å². The molecule has 0 aromatic heterocycles. The number of aryl methyl sites for hydroxylation is 2. The number of halogens is 3. The Hall–Kier alpha value is -3.09. The van der Waals surface area contributed by atoms with E-state index in [9.17, 15) is 22.8 Å². The number of primary amides is 1.